The fraction of sp³-hybridized carbons (Fsp3) is 0.600. The lowest BCUT2D eigenvalue weighted by atomic mass is 10.1. The molecule has 21 heavy (non-hydrogen) atoms. The maximum Gasteiger partial charge on any atom is 0.218 e. The summed E-state index contributed by atoms with van der Waals surface area (Å²) in [6, 6.07) is 7.59. The van der Waals surface area contributed by atoms with Crippen molar-refractivity contribution in [3.63, 3.8) is 0 Å². The van der Waals surface area contributed by atoms with Crippen LogP contribution in [-0.4, -0.2) is 50.8 Å². The topological polar surface area (TPSA) is 66.6 Å². The zero-order chi connectivity index (χ0) is 15.5. The molecule has 0 unspecified atom stereocenters. The van der Waals surface area contributed by atoms with Gasteiger partial charge in [-0.1, -0.05) is 24.3 Å². The minimum absolute atomic E-state index is 0.0310. The normalized spacial score (nSPS) is 18.3. The molecule has 1 aromatic rings. The zero-order valence-electron chi connectivity index (χ0n) is 12.8. The zero-order valence-corrected chi connectivity index (χ0v) is 13.6. The van der Waals surface area contributed by atoms with Crippen LogP contribution in [0.25, 0.3) is 0 Å². The van der Waals surface area contributed by atoms with Gasteiger partial charge in [-0.3, -0.25) is 0 Å². The summed E-state index contributed by atoms with van der Waals surface area (Å²) in [5, 5.41) is 0. The van der Waals surface area contributed by atoms with Gasteiger partial charge in [0, 0.05) is 19.6 Å². The predicted molar refractivity (Wildman–Crippen MR) is 85.2 cm³/mol. The van der Waals surface area contributed by atoms with Gasteiger partial charge >= 0.3 is 0 Å². The number of benzene rings is 1. The summed E-state index contributed by atoms with van der Waals surface area (Å²) in [6.45, 7) is 2.26. The second-order valence-corrected chi connectivity index (χ2v) is 7.81. The van der Waals surface area contributed by atoms with E-state index in [2.05, 4.69) is 11.9 Å². The van der Waals surface area contributed by atoms with Gasteiger partial charge in [-0.2, -0.15) is 0 Å². The Balaban J connectivity index is 2.10. The van der Waals surface area contributed by atoms with Crippen molar-refractivity contribution < 1.29 is 8.42 Å². The van der Waals surface area contributed by atoms with Crippen LogP contribution >= 0.6 is 0 Å². The predicted octanol–water partition coefficient (Wildman–Crippen LogP) is 1.00. The van der Waals surface area contributed by atoms with Crippen molar-refractivity contribution in [2.24, 2.45) is 5.73 Å². The fourth-order valence-electron chi connectivity index (χ4n) is 2.78. The third kappa shape index (κ3) is 4.03. The Hall–Kier alpha value is -0.950. The van der Waals surface area contributed by atoms with Gasteiger partial charge in [-0.25, -0.2) is 12.7 Å². The van der Waals surface area contributed by atoms with Crippen LogP contribution in [0, 0.1) is 0 Å². The van der Waals surface area contributed by atoms with E-state index in [0.29, 0.717) is 6.54 Å². The van der Waals surface area contributed by atoms with E-state index in [1.165, 1.54) is 0 Å². The van der Waals surface area contributed by atoms with Gasteiger partial charge in [0.15, 0.2) is 0 Å². The molecule has 0 amide bonds. The molecule has 1 heterocycles. The Morgan fingerprint density at radius 2 is 1.81 bits per heavy atom. The highest BCUT2D eigenvalue weighted by Gasteiger charge is 2.29. The van der Waals surface area contributed by atoms with Gasteiger partial charge in [0.1, 0.15) is 0 Å². The molecule has 118 valence electrons. The largest absolute Gasteiger partial charge is 0.326 e. The van der Waals surface area contributed by atoms with Gasteiger partial charge in [0.2, 0.25) is 10.0 Å². The SMILES string of the molecule is CN1CCC(N(C)S(=O)(=O)Cc2ccccc2CN)CC1. The van der Waals surface area contributed by atoms with Crippen LogP contribution in [0.2, 0.25) is 0 Å². The Labute approximate surface area is 127 Å². The summed E-state index contributed by atoms with van der Waals surface area (Å²) in [6.07, 6.45) is 1.79. The van der Waals surface area contributed by atoms with Crippen LogP contribution in [0.3, 0.4) is 0 Å². The van der Waals surface area contributed by atoms with Gasteiger partial charge in [-0.15, -0.1) is 0 Å². The molecular formula is C15H25N3O2S. The Morgan fingerprint density at radius 3 is 2.38 bits per heavy atom. The first-order chi connectivity index (χ1) is 9.94. The highest BCUT2D eigenvalue weighted by Crippen LogP contribution is 2.21. The molecule has 0 spiro atoms. The van der Waals surface area contributed by atoms with Crippen molar-refractivity contribution in [3.8, 4) is 0 Å². The lowest BCUT2D eigenvalue weighted by Gasteiger charge is -2.34. The van der Waals surface area contributed by atoms with E-state index in [1.54, 1.807) is 11.4 Å². The summed E-state index contributed by atoms with van der Waals surface area (Å²) < 4.78 is 26.8. The molecule has 0 saturated carbocycles. The van der Waals surface area contributed by atoms with E-state index >= 15 is 0 Å². The van der Waals surface area contributed by atoms with E-state index in [4.69, 9.17) is 5.73 Å². The molecule has 0 atom stereocenters. The van der Waals surface area contributed by atoms with Crippen LogP contribution in [0.5, 0.6) is 0 Å². The molecule has 0 radical (unpaired) electrons. The number of sulfonamides is 1. The van der Waals surface area contributed by atoms with Crippen molar-refractivity contribution in [1.29, 1.82) is 0 Å². The van der Waals surface area contributed by atoms with Crippen LogP contribution in [0.4, 0.5) is 0 Å². The second kappa shape index (κ2) is 6.87. The summed E-state index contributed by atoms with van der Waals surface area (Å²) in [7, 11) is 0.473. The van der Waals surface area contributed by atoms with Crippen molar-refractivity contribution in [2.75, 3.05) is 27.2 Å². The van der Waals surface area contributed by atoms with Crippen LogP contribution < -0.4 is 5.73 Å². The third-order valence-electron chi connectivity index (χ3n) is 4.32. The quantitative estimate of drug-likeness (QED) is 0.881. The average Bonchev–Trinajstić information content (AvgIpc) is 2.47. The molecular weight excluding hydrogens is 286 g/mol. The van der Waals surface area contributed by atoms with Crippen LogP contribution in [0.15, 0.2) is 24.3 Å². The Kier molecular flexibility index (Phi) is 5.37. The highest BCUT2D eigenvalue weighted by molar-refractivity contribution is 7.88. The van der Waals surface area contributed by atoms with Gasteiger partial charge in [-0.05, 0) is 44.1 Å². The molecule has 1 saturated heterocycles. The summed E-state index contributed by atoms with van der Waals surface area (Å²) in [4.78, 5) is 2.24. The number of likely N-dealkylation sites (tertiary alicyclic amines) is 1. The van der Waals surface area contributed by atoms with E-state index < -0.39 is 10.0 Å². The molecule has 1 aliphatic heterocycles. The smallest absolute Gasteiger partial charge is 0.218 e. The van der Waals surface area contributed by atoms with Crippen molar-refractivity contribution >= 4 is 10.0 Å². The summed E-state index contributed by atoms with van der Waals surface area (Å²) in [5.41, 5.74) is 7.40. The number of piperidine rings is 1. The van der Waals surface area contributed by atoms with Gasteiger partial charge < -0.3 is 10.6 Å². The molecule has 0 aromatic heterocycles. The maximum absolute atomic E-state index is 12.6. The standard InChI is InChI=1S/C15H25N3O2S/c1-17-9-7-15(8-10-17)18(2)21(19,20)12-14-6-4-3-5-13(14)11-16/h3-6,15H,7-12,16H2,1-2H3. The number of hydrogen-bond acceptors (Lipinski definition) is 4. The molecule has 1 aliphatic rings. The Bertz CT molecular complexity index is 566. The highest BCUT2D eigenvalue weighted by atomic mass is 32.2. The number of nitrogens with zero attached hydrogens (tertiary/aromatic N) is 2. The minimum Gasteiger partial charge on any atom is -0.326 e. The van der Waals surface area contributed by atoms with Crippen molar-refractivity contribution in [2.45, 2.75) is 31.2 Å². The third-order valence-corrected chi connectivity index (χ3v) is 6.17. The number of nitrogens with two attached hydrogens (primary N) is 1. The fourth-order valence-corrected chi connectivity index (χ4v) is 4.32. The van der Waals surface area contributed by atoms with E-state index in [0.717, 1.165) is 37.1 Å². The molecule has 5 nitrogen and oxygen atoms in total. The monoisotopic (exact) mass is 311 g/mol. The van der Waals surface area contributed by atoms with Crippen molar-refractivity contribution in [1.82, 2.24) is 9.21 Å². The number of rotatable bonds is 5. The first-order valence-electron chi connectivity index (χ1n) is 7.35. The molecule has 0 aliphatic carbocycles. The maximum atomic E-state index is 12.6. The molecule has 1 fully saturated rings. The molecule has 2 N–H and O–H groups in total. The molecule has 2 rings (SSSR count). The lowest BCUT2D eigenvalue weighted by Crippen LogP contribution is -2.44. The first kappa shape index (κ1) is 16.4. The van der Waals surface area contributed by atoms with Gasteiger partial charge in [0.25, 0.3) is 0 Å². The van der Waals surface area contributed by atoms with Crippen LogP contribution in [-0.2, 0) is 22.3 Å². The minimum atomic E-state index is -3.30. The number of hydrogen-bond donors (Lipinski definition) is 1. The molecule has 1 aromatic carbocycles. The van der Waals surface area contributed by atoms with Crippen LogP contribution in [0.1, 0.15) is 24.0 Å². The van der Waals surface area contributed by atoms with Gasteiger partial charge in [0.05, 0.1) is 5.75 Å². The van der Waals surface area contributed by atoms with Crippen molar-refractivity contribution in [3.05, 3.63) is 35.4 Å². The van der Waals surface area contributed by atoms with E-state index in [9.17, 15) is 8.42 Å². The summed E-state index contributed by atoms with van der Waals surface area (Å²) >= 11 is 0. The Morgan fingerprint density at radius 1 is 1.24 bits per heavy atom. The second-order valence-electron chi connectivity index (χ2n) is 5.78. The molecule has 6 heteroatoms. The first-order valence-corrected chi connectivity index (χ1v) is 8.96. The summed E-state index contributed by atoms with van der Waals surface area (Å²) in [5.74, 6) is 0.0310. The average molecular weight is 311 g/mol. The molecule has 0 bridgehead atoms. The van der Waals surface area contributed by atoms with E-state index in [1.807, 2.05) is 24.3 Å². The van der Waals surface area contributed by atoms with E-state index in [-0.39, 0.29) is 11.8 Å². The lowest BCUT2D eigenvalue weighted by molar-refractivity contribution is 0.197.